The monoisotopic (exact) mass is 529 g/mol. The van der Waals surface area contributed by atoms with Gasteiger partial charge in [-0.15, -0.1) is 12.4 Å². The molecule has 4 rings (SSSR count). The first-order chi connectivity index (χ1) is 16.7. The molecule has 36 heavy (non-hydrogen) atoms. The molecule has 0 saturated carbocycles. The highest BCUT2D eigenvalue weighted by atomic mass is 35.5. The Hall–Kier alpha value is -2.45. The van der Waals surface area contributed by atoms with Gasteiger partial charge < -0.3 is 4.90 Å². The summed E-state index contributed by atoms with van der Waals surface area (Å²) < 4.78 is 28.0. The number of hydrogen-bond donors (Lipinski definition) is 0. The maximum absolute atomic E-state index is 13.3. The first kappa shape index (κ1) is 28.1. The highest BCUT2D eigenvalue weighted by molar-refractivity contribution is 7.89. The zero-order chi connectivity index (χ0) is 25.2. The van der Waals surface area contributed by atoms with Crippen molar-refractivity contribution in [1.82, 2.24) is 14.1 Å². The van der Waals surface area contributed by atoms with E-state index in [1.54, 1.807) is 17.0 Å². The minimum atomic E-state index is -3.61. The van der Waals surface area contributed by atoms with Gasteiger partial charge in [0, 0.05) is 50.4 Å². The van der Waals surface area contributed by atoms with Crippen molar-refractivity contribution in [3.63, 3.8) is 0 Å². The third kappa shape index (κ3) is 6.09. The minimum Gasteiger partial charge on any atom is -0.336 e. The summed E-state index contributed by atoms with van der Waals surface area (Å²) in [6, 6.07) is 21.6. The van der Waals surface area contributed by atoms with Crippen molar-refractivity contribution in [2.24, 2.45) is 0 Å². The van der Waals surface area contributed by atoms with Crippen LogP contribution in [0.5, 0.6) is 0 Å². The van der Waals surface area contributed by atoms with E-state index in [9.17, 15) is 13.2 Å². The normalized spacial score (nSPS) is 15.0. The van der Waals surface area contributed by atoms with Crippen LogP contribution in [0.15, 0.2) is 71.6 Å². The lowest BCUT2D eigenvalue weighted by Crippen LogP contribution is -2.50. The molecule has 3 aromatic rings. The van der Waals surface area contributed by atoms with Crippen LogP contribution in [0.3, 0.4) is 0 Å². The molecule has 6 nitrogen and oxygen atoms in total. The van der Waals surface area contributed by atoms with Gasteiger partial charge in [-0.3, -0.25) is 9.69 Å². The first-order valence-corrected chi connectivity index (χ1v) is 13.7. The fourth-order valence-corrected chi connectivity index (χ4v) is 6.22. The number of benzene rings is 3. The van der Waals surface area contributed by atoms with Crippen LogP contribution >= 0.6 is 12.4 Å². The number of piperazine rings is 1. The number of amides is 1. The van der Waals surface area contributed by atoms with E-state index in [-0.39, 0.29) is 31.4 Å². The molecule has 1 aliphatic rings. The molecule has 0 N–H and O–H groups in total. The van der Waals surface area contributed by atoms with Crippen LogP contribution in [0.2, 0.25) is 0 Å². The summed E-state index contributed by atoms with van der Waals surface area (Å²) in [4.78, 5) is 17.7. The van der Waals surface area contributed by atoms with E-state index >= 15 is 0 Å². The van der Waals surface area contributed by atoms with Crippen molar-refractivity contribution in [2.75, 3.05) is 26.2 Å². The highest BCUT2D eigenvalue weighted by Gasteiger charge is 2.30. The van der Waals surface area contributed by atoms with Crippen LogP contribution in [-0.2, 0) is 16.6 Å². The summed E-state index contributed by atoms with van der Waals surface area (Å²) in [7, 11) is -3.61. The van der Waals surface area contributed by atoms with E-state index in [4.69, 9.17) is 0 Å². The lowest BCUT2D eigenvalue weighted by molar-refractivity contribution is 0.0697. The van der Waals surface area contributed by atoms with E-state index in [1.165, 1.54) is 4.31 Å². The quantitative estimate of drug-likeness (QED) is 0.431. The Bertz CT molecular complexity index is 1290. The van der Waals surface area contributed by atoms with Crippen molar-refractivity contribution in [1.29, 1.82) is 0 Å². The van der Waals surface area contributed by atoms with Gasteiger partial charge in [-0.25, -0.2) is 8.42 Å². The molecule has 0 bridgehead atoms. The third-order valence-corrected chi connectivity index (χ3v) is 8.64. The summed E-state index contributed by atoms with van der Waals surface area (Å²) in [5, 5.41) is 1.91. The number of rotatable bonds is 7. The Morgan fingerprint density at radius 1 is 0.833 bits per heavy atom. The van der Waals surface area contributed by atoms with Gasteiger partial charge in [0.05, 0.1) is 4.90 Å². The second-order valence-electron chi connectivity index (χ2n) is 9.77. The van der Waals surface area contributed by atoms with Gasteiger partial charge in [0.2, 0.25) is 10.0 Å². The van der Waals surface area contributed by atoms with Crippen molar-refractivity contribution in [3.05, 3.63) is 77.9 Å². The summed E-state index contributed by atoms with van der Waals surface area (Å²) in [6.07, 6.45) is 0. The lowest BCUT2D eigenvalue weighted by atomic mass is 10.1. The van der Waals surface area contributed by atoms with Crippen molar-refractivity contribution < 1.29 is 13.2 Å². The van der Waals surface area contributed by atoms with Gasteiger partial charge in [-0.2, -0.15) is 4.31 Å². The van der Waals surface area contributed by atoms with Crippen LogP contribution < -0.4 is 0 Å². The lowest BCUT2D eigenvalue weighted by Gasteiger charge is -2.34. The molecule has 1 aliphatic heterocycles. The number of nitrogens with zero attached hydrogens (tertiary/aromatic N) is 3. The van der Waals surface area contributed by atoms with Crippen molar-refractivity contribution >= 4 is 39.1 Å². The fraction of sp³-hybridized carbons (Fsp3) is 0.393. The molecule has 1 fully saturated rings. The Balaban J connectivity index is 0.00000361. The predicted molar refractivity (Wildman–Crippen MR) is 148 cm³/mol. The van der Waals surface area contributed by atoms with Gasteiger partial charge >= 0.3 is 0 Å². The average molecular weight is 530 g/mol. The topological polar surface area (TPSA) is 60.9 Å². The SMILES string of the molecule is CC(C)N(Cc1cccc(C(=O)N2CCN(S(=O)(=O)c3ccc4ccccc4c3)CC2)c1)C(C)C.Cl. The Morgan fingerprint density at radius 2 is 1.47 bits per heavy atom. The molecule has 0 aromatic heterocycles. The number of fused-ring (bicyclic) bond motifs is 1. The van der Waals surface area contributed by atoms with Crippen LogP contribution in [0.25, 0.3) is 10.8 Å². The second kappa shape index (κ2) is 11.7. The maximum atomic E-state index is 13.3. The highest BCUT2D eigenvalue weighted by Crippen LogP contribution is 2.23. The standard InChI is InChI=1S/C28H35N3O3S.ClH/c1-21(2)31(22(3)4)20-23-8-7-11-26(18-23)28(32)29-14-16-30(17-15-29)35(33,34)27-13-12-24-9-5-6-10-25(24)19-27;/h5-13,18-19,21-22H,14-17,20H2,1-4H3;1H. The Kier molecular flexibility index (Phi) is 9.17. The molecule has 0 unspecified atom stereocenters. The van der Waals surface area contributed by atoms with Crippen molar-refractivity contribution in [2.45, 2.75) is 51.2 Å². The van der Waals surface area contributed by atoms with E-state index < -0.39 is 10.0 Å². The summed E-state index contributed by atoms with van der Waals surface area (Å²) in [5.41, 5.74) is 1.76. The third-order valence-electron chi connectivity index (χ3n) is 6.75. The van der Waals surface area contributed by atoms with E-state index in [1.807, 2.05) is 48.5 Å². The number of hydrogen-bond acceptors (Lipinski definition) is 4. The van der Waals surface area contributed by atoms with Gasteiger partial charge in [-0.1, -0.05) is 42.5 Å². The van der Waals surface area contributed by atoms with Crippen LogP contribution in [0.1, 0.15) is 43.6 Å². The molecule has 194 valence electrons. The van der Waals surface area contributed by atoms with E-state index in [0.717, 1.165) is 22.9 Å². The summed E-state index contributed by atoms with van der Waals surface area (Å²) in [6.45, 7) is 10.8. The average Bonchev–Trinajstić information content (AvgIpc) is 2.86. The number of sulfonamides is 1. The Labute approximate surface area is 221 Å². The summed E-state index contributed by atoms with van der Waals surface area (Å²) in [5.74, 6) is -0.0461. The zero-order valence-electron chi connectivity index (χ0n) is 21.4. The Morgan fingerprint density at radius 3 is 2.11 bits per heavy atom. The molecule has 3 aromatic carbocycles. The summed E-state index contributed by atoms with van der Waals surface area (Å²) >= 11 is 0. The van der Waals surface area contributed by atoms with Gasteiger partial charge in [0.15, 0.2) is 0 Å². The molecule has 1 saturated heterocycles. The number of carbonyl (C=O) groups is 1. The van der Waals surface area contributed by atoms with E-state index in [0.29, 0.717) is 35.6 Å². The molecule has 0 atom stereocenters. The van der Waals surface area contributed by atoms with Crippen LogP contribution in [-0.4, -0.2) is 66.7 Å². The largest absolute Gasteiger partial charge is 0.336 e. The molecular weight excluding hydrogens is 494 g/mol. The molecule has 8 heteroatoms. The number of carbonyl (C=O) groups excluding carboxylic acids is 1. The van der Waals surface area contributed by atoms with Crippen molar-refractivity contribution in [3.8, 4) is 0 Å². The van der Waals surface area contributed by atoms with Crippen LogP contribution in [0, 0.1) is 0 Å². The molecule has 1 heterocycles. The van der Waals surface area contributed by atoms with Gasteiger partial charge in [-0.05, 0) is 68.3 Å². The maximum Gasteiger partial charge on any atom is 0.253 e. The minimum absolute atomic E-state index is 0. The molecule has 1 amide bonds. The molecule has 0 aliphatic carbocycles. The fourth-order valence-electron chi connectivity index (χ4n) is 4.77. The molecule has 0 spiro atoms. The van der Waals surface area contributed by atoms with Gasteiger partial charge in [0.1, 0.15) is 0 Å². The molecular formula is C28H36ClN3O3S. The van der Waals surface area contributed by atoms with Crippen LogP contribution in [0.4, 0.5) is 0 Å². The number of halogens is 1. The van der Waals surface area contributed by atoms with Gasteiger partial charge in [0.25, 0.3) is 5.91 Å². The first-order valence-electron chi connectivity index (χ1n) is 12.3. The molecule has 0 radical (unpaired) electrons. The zero-order valence-corrected chi connectivity index (χ0v) is 23.1. The van der Waals surface area contributed by atoms with E-state index in [2.05, 4.69) is 38.7 Å². The second-order valence-corrected chi connectivity index (χ2v) is 11.7. The predicted octanol–water partition coefficient (Wildman–Crippen LogP) is 5.03. The smallest absolute Gasteiger partial charge is 0.253 e.